The van der Waals surface area contributed by atoms with Gasteiger partial charge >= 0.3 is 0 Å². The SMILES string of the molecule is Brc1c(N(c2cccc3ncccc23)c2cccc3ncccc23)cccc1N(c1cccc2ncccc12)c1cccc2ncccc12. The number of hydrogen-bond donors (Lipinski definition) is 0. The summed E-state index contributed by atoms with van der Waals surface area (Å²) >= 11 is 4.18. The van der Waals surface area contributed by atoms with Crippen LogP contribution in [0.15, 0.2) is 169 Å². The first kappa shape index (κ1) is 29.0. The molecular weight excluding hydrogens is 668 g/mol. The van der Waals surface area contributed by atoms with E-state index in [9.17, 15) is 0 Å². The standard InChI is InChI=1S/C42H27BrN6/c43-42-40(48(36-18-1-14-32-28(36)10-6-24-44-32)37-19-2-15-33-29(37)11-7-25-45-33)22-5-23-41(42)49(38-20-3-16-34-30(38)12-8-26-46-34)39-21-4-17-35-31(39)13-9-27-47-35/h1-27H. The minimum atomic E-state index is 0.915. The highest BCUT2D eigenvalue weighted by molar-refractivity contribution is 9.10. The summed E-state index contributed by atoms with van der Waals surface area (Å²) in [5, 5.41) is 4.17. The molecule has 0 bridgehead atoms. The van der Waals surface area contributed by atoms with E-state index in [4.69, 9.17) is 19.9 Å². The maximum atomic E-state index is 4.71. The average molecular weight is 696 g/mol. The first-order valence-electron chi connectivity index (χ1n) is 16.0. The molecule has 0 spiro atoms. The number of hydrogen-bond acceptors (Lipinski definition) is 6. The molecule has 6 nitrogen and oxygen atoms in total. The van der Waals surface area contributed by atoms with Crippen molar-refractivity contribution in [3.8, 4) is 0 Å². The molecule has 4 heterocycles. The summed E-state index contributed by atoms with van der Waals surface area (Å²) in [5.41, 5.74) is 9.65. The first-order valence-corrected chi connectivity index (χ1v) is 16.8. The van der Waals surface area contributed by atoms with Crippen molar-refractivity contribution in [3.05, 3.63) is 169 Å². The van der Waals surface area contributed by atoms with Crippen molar-refractivity contribution in [2.75, 3.05) is 9.80 Å². The Morgan fingerprint density at radius 3 is 0.878 bits per heavy atom. The van der Waals surface area contributed by atoms with Crippen molar-refractivity contribution in [1.29, 1.82) is 0 Å². The molecule has 0 amide bonds. The Hall–Kier alpha value is -6.18. The Morgan fingerprint density at radius 2 is 0.571 bits per heavy atom. The number of rotatable bonds is 6. The Balaban J connectivity index is 1.36. The van der Waals surface area contributed by atoms with Crippen molar-refractivity contribution < 1.29 is 0 Å². The largest absolute Gasteiger partial charge is 0.308 e. The quantitative estimate of drug-likeness (QED) is 0.173. The average Bonchev–Trinajstić information content (AvgIpc) is 3.16. The van der Waals surface area contributed by atoms with E-state index in [1.165, 1.54) is 0 Å². The van der Waals surface area contributed by atoms with Crippen LogP contribution in [-0.2, 0) is 0 Å². The van der Waals surface area contributed by atoms with Crippen LogP contribution in [0.5, 0.6) is 0 Å². The molecule has 9 rings (SSSR count). The molecule has 0 saturated carbocycles. The molecule has 4 aromatic heterocycles. The molecule has 49 heavy (non-hydrogen) atoms. The van der Waals surface area contributed by atoms with Crippen molar-refractivity contribution in [1.82, 2.24) is 19.9 Å². The Labute approximate surface area is 291 Å². The van der Waals surface area contributed by atoms with E-state index in [0.717, 1.165) is 82.2 Å². The van der Waals surface area contributed by atoms with E-state index >= 15 is 0 Å². The van der Waals surface area contributed by atoms with Crippen molar-refractivity contribution in [3.63, 3.8) is 0 Å². The van der Waals surface area contributed by atoms with Gasteiger partial charge in [-0.3, -0.25) is 19.9 Å². The smallest absolute Gasteiger partial charge is 0.0723 e. The fourth-order valence-corrected chi connectivity index (χ4v) is 7.38. The van der Waals surface area contributed by atoms with Crippen molar-refractivity contribution in [2.24, 2.45) is 0 Å². The van der Waals surface area contributed by atoms with Crippen LogP contribution >= 0.6 is 15.9 Å². The van der Waals surface area contributed by atoms with Gasteiger partial charge in [0.1, 0.15) is 0 Å². The fourth-order valence-electron chi connectivity index (χ4n) is 6.76. The normalized spacial score (nSPS) is 11.4. The summed E-state index contributed by atoms with van der Waals surface area (Å²) < 4.78 is 0.915. The number of nitrogens with zero attached hydrogens (tertiary/aromatic N) is 6. The van der Waals surface area contributed by atoms with E-state index in [1.54, 1.807) is 0 Å². The van der Waals surface area contributed by atoms with Crippen molar-refractivity contribution in [2.45, 2.75) is 0 Å². The van der Waals surface area contributed by atoms with Crippen LogP contribution in [0.1, 0.15) is 0 Å². The molecular formula is C42H27BrN6. The first-order chi connectivity index (χ1) is 24.3. The third kappa shape index (κ3) is 4.94. The summed E-state index contributed by atoms with van der Waals surface area (Å²) in [6.07, 6.45) is 7.35. The third-order valence-corrected chi connectivity index (χ3v) is 9.71. The lowest BCUT2D eigenvalue weighted by molar-refractivity contribution is 1.25. The number of fused-ring (bicyclic) bond motifs is 4. The lowest BCUT2D eigenvalue weighted by Crippen LogP contribution is -2.15. The fraction of sp³-hybridized carbons (Fsp3) is 0. The topological polar surface area (TPSA) is 58.0 Å². The molecule has 0 saturated heterocycles. The van der Waals surface area contributed by atoms with Gasteiger partial charge in [0.05, 0.1) is 60.7 Å². The van der Waals surface area contributed by atoms with E-state index in [2.05, 4.69) is 141 Å². The van der Waals surface area contributed by atoms with E-state index in [0.29, 0.717) is 0 Å². The minimum Gasteiger partial charge on any atom is -0.308 e. The maximum absolute atomic E-state index is 4.71. The zero-order chi connectivity index (χ0) is 32.7. The van der Waals surface area contributed by atoms with E-state index in [1.807, 2.05) is 49.1 Å². The summed E-state index contributed by atoms with van der Waals surface area (Å²) in [6.45, 7) is 0. The number of pyridine rings is 4. The lowest BCUT2D eigenvalue weighted by atomic mass is 10.1. The summed E-state index contributed by atoms with van der Waals surface area (Å²) in [5.74, 6) is 0. The molecule has 0 fully saturated rings. The van der Waals surface area contributed by atoms with Gasteiger partial charge in [-0.2, -0.15) is 0 Å². The molecule has 0 N–H and O–H groups in total. The summed E-state index contributed by atoms with van der Waals surface area (Å²) in [7, 11) is 0. The molecule has 0 radical (unpaired) electrons. The highest BCUT2D eigenvalue weighted by Crippen LogP contribution is 2.50. The van der Waals surface area contributed by atoms with Crippen LogP contribution in [0.2, 0.25) is 0 Å². The number of anilines is 6. The summed E-state index contributed by atoms with van der Waals surface area (Å²) in [6, 6.07) is 48.0. The zero-order valence-corrected chi connectivity index (χ0v) is 27.7. The Bertz CT molecular complexity index is 2320. The van der Waals surface area contributed by atoms with Gasteiger partial charge in [0, 0.05) is 46.3 Å². The minimum absolute atomic E-state index is 0.915. The predicted octanol–water partition coefficient (Wildman–Crippen LogP) is 11.6. The van der Waals surface area contributed by atoms with Gasteiger partial charge in [-0.25, -0.2) is 0 Å². The van der Waals surface area contributed by atoms with Gasteiger partial charge in [0.15, 0.2) is 0 Å². The number of aromatic nitrogens is 4. The molecule has 0 aliphatic rings. The summed E-state index contributed by atoms with van der Waals surface area (Å²) in [4.78, 5) is 23.5. The van der Waals surface area contributed by atoms with Gasteiger partial charge in [-0.1, -0.05) is 30.3 Å². The maximum Gasteiger partial charge on any atom is 0.0723 e. The molecule has 0 unspecified atom stereocenters. The highest BCUT2D eigenvalue weighted by atomic mass is 79.9. The second kappa shape index (κ2) is 12.1. The molecule has 9 aromatic rings. The molecule has 0 atom stereocenters. The van der Waals surface area contributed by atoms with Gasteiger partial charge in [0.2, 0.25) is 0 Å². The second-order valence-corrected chi connectivity index (χ2v) is 12.5. The predicted molar refractivity (Wildman–Crippen MR) is 205 cm³/mol. The van der Waals surface area contributed by atoms with Crippen LogP contribution in [0, 0.1) is 0 Å². The van der Waals surface area contributed by atoms with Gasteiger partial charge < -0.3 is 9.80 Å². The van der Waals surface area contributed by atoms with Crippen LogP contribution in [0.4, 0.5) is 34.1 Å². The Kier molecular flexibility index (Phi) is 7.17. The molecule has 0 aliphatic heterocycles. The van der Waals surface area contributed by atoms with Gasteiger partial charge in [0.25, 0.3) is 0 Å². The van der Waals surface area contributed by atoms with Crippen molar-refractivity contribution >= 4 is 93.7 Å². The highest BCUT2D eigenvalue weighted by Gasteiger charge is 2.25. The third-order valence-electron chi connectivity index (χ3n) is 8.89. The Morgan fingerprint density at radius 1 is 0.306 bits per heavy atom. The zero-order valence-electron chi connectivity index (χ0n) is 26.1. The van der Waals surface area contributed by atoms with Crippen LogP contribution in [0.25, 0.3) is 43.6 Å². The van der Waals surface area contributed by atoms with Crippen LogP contribution < -0.4 is 9.80 Å². The molecule has 0 aliphatic carbocycles. The molecule has 5 aromatic carbocycles. The molecule has 232 valence electrons. The van der Waals surface area contributed by atoms with E-state index < -0.39 is 0 Å². The van der Waals surface area contributed by atoms with Gasteiger partial charge in [-0.05, 0) is 125 Å². The molecule has 7 heteroatoms. The van der Waals surface area contributed by atoms with E-state index in [-0.39, 0.29) is 0 Å². The van der Waals surface area contributed by atoms with Crippen LogP contribution in [-0.4, -0.2) is 19.9 Å². The van der Waals surface area contributed by atoms with Gasteiger partial charge in [-0.15, -0.1) is 0 Å². The van der Waals surface area contributed by atoms with Crippen LogP contribution in [0.3, 0.4) is 0 Å². The number of halogens is 1. The monoisotopic (exact) mass is 694 g/mol. The lowest BCUT2D eigenvalue weighted by Gasteiger charge is -2.32. The second-order valence-electron chi connectivity index (χ2n) is 11.7. The number of benzene rings is 5.